The first-order valence-corrected chi connectivity index (χ1v) is 11.1. The molecule has 30 heavy (non-hydrogen) atoms. The van der Waals surface area contributed by atoms with E-state index in [1.165, 1.54) is 0 Å². The van der Waals surface area contributed by atoms with E-state index in [2.05, 4.69) is 10.3 Å². The molecule has 0 aliphatic carbocycles. The molecule has 162 valence electrons. The number of aromatic nitrogens is 2. The number of thiophene rings is 1. The third kappa shape index (κ3) is 4.28. The van der Waals surface area contributed by atoms with Crippen molar-refractivity contribution in [3.8, 4) is 0 Å². The normalized spacial score (nSPS) is 26.0. The lowest BCUT2D eigenvalue weighted by Gasteiger charge is -2.51. The minimum atomic E-state index is -0.824. The maximum Gasteiger partial charge on any atom is 0.271 e. The summed E-state index contributed by atoms with van der Waals surface area (Å²) in [6.07, 6.45) is 4.70. The molecule has 0 bridgehead atoms. The van der Waals surface area contributed by atoms with Crippen molar-refractivity contribution in [2.45, 2.75) is 49.9 Å². The number of likely N-dealkylation sites (tertiary alicyclic amines) is 1. The smallest absolute Gasteiger partial charge is 0.271 e. The van der Waals surface area contributed by atoms with Crippen LogP contribution >= 0.6 is 11.3 Å². The maximum absolute atomic E-state index is 12.7. The van der Waals surface area contributed by atoms with Crippen molar-refractivity contribution in [3.63, 3.8) is 0 Å². The molecule has 8 nitrogen and oxygen atoms in total. The molecule has 2 saturated heterocycles. The van der Waals surface area contributed by atoms with Gasteiger partial charge in [-0.25, -0.2) is 4.98 Å². The summed E-state index contributed by atoms with van der Waals surface area (Å²) in [4.78, 5) is 31.2. The number of imidazole rings is 1. The zero-order valence-corrected chi connectivity index (χ0v) is 18.2. The van der Waals surface area contributed by atoms with Crippen LogP contribution in [0, 0.1) is 0 Å². The molecular formula is C21H28N4O4S. The Morgan fingerprint density at radius 1 is 1.40 bits per heavy atom. The minimum absolute atomic E-state index is 0.130. The molecule has 9 heteroatoms. The Morgan fingerprint density at radius 3 is 2.80 bits per heavy atom. The molecule has 0 aromatic carbocycles. The van der Waals surface area contributed by atoms with Gasteiger partial charge in [0.1, 0.15) is 11.8 Å². The molecule has 2 aromatic heterocycles. The number of ether oxygens (including phenoxy) is 1. The van der Waals surface area contributed by atoms with Gasteiger partial charge in [0.15, 0.2) is 0 Å². The van der Waals surface area contributed by atoms with Crippen LogP contribution in [0.1, 0.15) is 42.2 Å². The van der Waals surface area contributed by atoms with Gasteiger partial charge in [0.25, 0.3) is 5.91 Å². The molecule has 2 N–H and O–H groups in total. The number of hydrogen-bond donors (Lipinski definition) is 2. The largest absolute Gasteiger partial charge is 0.388 e. The molecule has 4 rings (SSSR count). The number of amides is 2. The van der Waals surface area contributed by atoms with E-state index in [4.69, 9.17) is 4.74 Å². The van der Waals surface area contributed by atoms with Gasteiger partial charge in [0.05, 0.1) is 30.5 Å². The highest BCUT2D eigenvalue weighted by atomic mass is 32.1. The molecule has 2 atom stereocenters. The Morgan fingerprint density at radius 2 is 2.17 bits per heavy atom. The second-order valence-corrected chi connectivity index (χ2v) is 9.45. The number of piperidine rings is 1. The second kappa shape index (κ2) is 8.13. The number of carbonyl (C=O) groups is 2. The highest BCUT2D eigenvalue weighted by Gasteiger charge is 2.50. The van der Waals surface area contributed by atoms with E-state index in [0.29, 0.717) is 44.5 Å². The second-order valence-electron chi connectivity index (χ2n) is 8.67. The lowest BCUT2D eigenvalue weighted by Crippen LogP contribution is -2.65. The van der Waals surface area contributed by atoms with E-state index in [9.17, 15) is 14.7 Å². The van der Waals surface area contributed by atoms with Crippen LogP contribution in [0.3, 0.4) is 0 Å². The van der Waals surface area contributed by atoms with E-state index in [1.807, 2.05) is 28.7 Å². The van der Waals surface area contributed by atoms with Gasteiger partial charge in [0.2, 0.25) is 5.91 Å². The number of aryl methyl sites for hydroxylation is 1. The van der Waals surface area contributed by atoms with E-state index < -0.39 is 17.2 Å². The predicted octanol–water partition coefficient (Wildman–Crippen LogP) is 1.36. The average Bonchev–Trinajstić information content (AvgIpc) is 3.37. The molecule has 2 aromatic rings. The van der Waals surface area contributed by atoms with Gasteiger partial charge in [-0.15, -0.1) is 0 Å². The van der Waals surface area contributed by atoms with Crippen LogP contribution in [0.2, 0.25) is 0 Å². The van der Waals surface area contributed by atoms with Crippen molar-refractivity contribution < 1.29 is 19.4 Å². The molecule has 1 spiro atoms. The van der Waals surface area contributed by atoms with Crippen LogP contribution in [0.25, 0.3) is 0 Å². The molecule has 0 saturated carbocycles. The maximum atomic E-state index is 12.7. The fourth-order valence-electron chi connectivity index (χ4n) is 4.42. The lowest BCUT2D eigenvalue weighted by atomic mass is 9.74. The van der Waals surface area contributed by atoms with Gasteiger partial charge < -0.3 is 24.6 Å². The Bertz CT molecular complexity index is 904. The standard InChI is InChI=1S/C21H28N4O4S/c1-20(23-19(28)16-10-24(2)14-22-16)13-21(29-11-17(20)26)4-6-25(7-5-21)18(27)9-15-3-8-30-12-15/h3,8,10,12,14,17,26H,4-7,9,11,13H2,1-2H3,(H,23,28)/t17-,20-/m0/s1. The van der Waals surface area contributed by atoms with E-state index in [1.54, 1.807) is 35.5 Å². The van der Waals surface area contributed by atoms with Gasteiger partial charge in [-0.1, -0.05) is 0 Å². The monoisotopic (exact) mass is 432 g/mol. The first-order chi connectivity index (χ1) is 14.3. The molecule has 2 aliphatic heterocycles. The Hall–Kier alpha value is -2.23. The van der Waals surface area contributed by atoms with Crippen LogP contribution in [0.4, 0.5) is 0 Å². The minimum Gasteiger partial charge on any atom is -0.388 e. The zero-order chi connectivity index (χ0) is 21.4. The molecule has 2 fully saturated rings. The SMILES string of the molecule is Cn1cnc(C(=O)N[C@@]2(C)CC3(CCN(C(=O)Cc4ccsc4)CC3)OC[C@@H]2O)c1. The highest BCUT2D eigenvalue weighted by Crippen LogP contribution is 2.40. The van der Waals surface area contributed by atoms with Gasteiger partial charge in [0, 0.05) is 32.8 Å². The van der Waals surface area contributed by atoms with Crippen molar-refractivity contribution >= 4 is 23.2 Å². The number of rotatable bonds is 4. The van der Waals surface area contributed by atoms with E-state index in [0.717, 1.165) is 5.56 Å². The van der Waals surface area contributed by atoms with Crippen molar-refractivity contribution in [1.29, 1.82) is 0 Å². The third-order valence-corrected chi connectivity index (χ3v) is 7.00. The molecule has 0 radical (unpaired) electrons. The zero-order valence-electron chi connectivity index (χ0n) is 17.3. The summed E-state index contributed by atoms with van der Waals surface area (Å²) >= 11 is 1.60. The van der Waals surface area contributed by atoms with Crippen LogP contribution in [-0.2, 0) is 23.0 Å². The Kier molecular flexibility index (Phi) is 5.69. The van der Waals surface area contributed by atoms with E-state index in [-0.39, 0.29) is 18.4 Å². The van der Waals surface area contributed by atoms with Crippen LogP contribution in [-0.4, -0.2) is 68.3 Å². The summed E-state index contributed by atoms with van der Waals surface area (Å²) in [7, 11) is 1.80. The van der Waals surface area contributed by atoms with Crippen molar-refractivity contribution in [2.24, 2.45) is 7.05 Å². The number of aliphatic hydroxyl groups is 1. The molecule has 0 unspecified atom stereocenters. The first-order valence-electron chi connectivity index (χ1n) is 10.2. The van der Waals surface area contributed by atoms with Crippen molar-refractivity contribution in [2.75, 3.05) is 19.7 Å². The van der Waals surface area contributed by atoms with E-state index >= 15 is 0 Å². The number of hydrogen-bond acceptors (Lipinski definition) is 6. The van der Waals surface area contributed by atoms with Gasteiger partial charge >= 0.3 is 0 Å². The van der Waals surface area contributed by atoms with Crippen LogP contribution in [0.15, 0.2) is 29.4 Å². The lowest BCUT2D eigenvalue weighted by molar-refractivity contribution is -0.179. The quantitative estimate of drug-likeness (QED) is 0.760. The number of nitrogens with one attached hydrogen (secondary N) is 1. The topological polar surface area (TPSA) is 96.7 Å². The van der Waals surface area contributed by atoms with Gasteiger partial charge in [-0.3, -0.25) is 9.59 Å². The third-order valence-electron chi connectivity index (χ3n) is 6.27. The average molecular weight is 433 g/mol. The Labute approximate surface area is 179 Å². The predicted molar refractivity (Wildman–Crippen MR) is 112 cm³/mol. The fourth-order valence-corrected chi connectivity index (χ4v) is 5.09. The molecule has 4 heterocycles. The Balaban J connectivity index is 1.39. The number of carbonyl (C=O) groups excluding carboxylic acids is 2. The van der Waals surface area contributed by atoms with Crippen LogP contribution in [0.5, 0.6) is 0 Å². The van der Waals surface area contributed by atoms with Crippen LogP contribution < -0.4 is 5.32 Å². The number of nitrogens with zero attached hydrogens (tertiary/aromatic N) is 3. The molecule has 2 amide bonds. The molecular weight excluding hydrogens is 404 g/mol. The summed E-state index contributed by atoms with van der Waals surface area (Å²) in [5.41, 5.74) is 0.0905. The van der Waals surface area contributed by atoms with Crippen molar-refractivity contribution in [3.05, 3.63) is 40.6 Å². The molecule has 2 aliphatic rings. The summed E-state index contributed by atoms with van der Waals surface area (Å²) < 4.78 is 7.79. The van der Waals surface area contributed by atoms with Gasteiger partial charge in [-0.2, -0.15) is 11.3 Å². The first kappa shape index (κ1) is 21.0. The number of aliphatic hydroxyl groups excluding tert-OH is 1. The summed E-state index contributed by atoms with van der Waals surface area (Å²) in [5, 5.41) is 17.6. The van der Waals surface area contributed by atoms with Crippen molar-refractivity contribution in [1.82, 2.24) is 19.8 Å². The highest BCUT2D eigenvalue weighted by molar-refractivity contribution is 7.08. The summed E-state index contributed by atoms with van der Waals surface area (Å²) in [6, 6.07) is 1.98. The fraction of sp³-hybridized carbons (Fsp3) is 0.571. The van der Waals surface area contributed by atoms with Gasteiger partial charge in [-0.05, 0) is 42.2 Å². The summed E-state index contributed by atoms with van der Waals surface area (Å²) in [6.45, 7) is 3.24. The summed E-state index contributed by atoms with van der Waals surface area (Å²) in [5.74, 6) is -0.178.